The zero-order valence-electron chi connectivity index (χ0n) is 31.0. The van der Waals surface area contributed by atoms with Crippen LogP contribution in [0.1, 0.15) is 68.3 Å². The molecule has 56 heavy (non-hydrogen) atoms. The maximum Gasteiger partial charge on any atom is 0.417 e. The lowest BCUT2D eigenvalue weighted by Crippen LogP contribution is -2.43. The summed E-state index contributed by atoms with van der Waals surface area (Å²) in [6.45, 7) is 7.77. The molecule has 4 atom stereocenters. The minimum absolute atomic E-state index is 0.00295. The number of halogens is 5. The highest BCUT2D eigenvalue weighted by Crippen LogP contribution is 2.48. The number of nitrogens with two attached hydrogens (primary N) is 1. The van der Waals surface area contributed by atoms with Gasteiger partial charge in [-0.25, -0.2) is 18.7 Å². The molecule has 8 rings (SSSR count). The van der Waals surface area contributed by atoms with E-state index in [-0.39, 0.29) is 77.0 Å². The zero-order valence-corrected chi connectivity index (χ0v) is 31.0. The summed E-state index contributed by atoms with van der Waals surface area (Å²) in [5.41, 5.74) is 4.94. The second-order valence-corrected chi connectivity index (χ2v) is 14.4. The number of anilines is 2. The van der Waals surface area contributed by atoms with Gasteiger partial charge in [-0.3, -0.25) is 14.8 Å². The van der Waals surface area contributed by atoms with E-state index in [0.717, 1.165) is 18.5 Å². The van der Waals surface area contributed by atoms with Crippen molar-refractivity contribution in [3.63, 3.8) is 0 Å². The average Bonchev–Trinajstić information content (AvgIpc) is 3.82. The smallest absolute Gasteiger partial charge is 0.417 e. The van der Waals surface area contributed by atoms with E-state index in [1.54, 1.807) is 6.20 Å². The van der Waals surface area contributed by atoms with Crippen LogP contribution in [-0.2, 0) is 11.0 Å². The number of ether oxygens (including phenoxy) is 2. The summed E-state index contributed by atoms with van der Waals surface area (Å²) >= 11 is 0. The number of carboxylic acid groups (broad SMARTS) is 1. The molecule has 0 saturated carbocycles. The fourth-order valence-electron chi connectivity index (χ4n) is 8.44. The van der Waals surface area contributed by atoms with Crippen molar-refractivity contribution in [2.45, 2.75) is 76.9 Å². The van der Waals surface area contributed by atoms with Gasteiger partial charge in [0, 0.05) is 35.7 Å². The minimum Gasteiger partial charge on any atom is -0.483 e. The highest BCUT2D eigenvalue weighted by atomic mass is 19.4. The molecule has 3 aliphatic rings. The predicted octanol–water partition coefficient (Wildman–Crippen LogP) is 7.05. The monoisotopic (exact) mass is 781 g/mol. The van der Waals surface area contributed by atoms with Crippen LogP contribution in [0.3, 0.4) is 0 Å². The first-order valence-corrected chi connectivity index (χ1v) is 18.1. The lowest BCUT2D eigenvalue weighted by atomic mass is 9.94. The summed E-state index contributed by atoms with van der Waals surface area (Å²) in [4.78, 5) is 30.5. The van der Waals surface area contributed by atoms with Crippen molar-refractivity contribution in [1.29, 1.82) is 0 Å². The predicted molar refractivity (Wildman–Crippen MR) is 199 cm³/mol. The van der Waals surface area contributed by atoms with Crippen LogP contribution in [0.25, 0.3) is 39.1 Å². The lowest BCUT2D eigenvalue weighted by Gasteiger charge is -2.35. The molecule has 4 N–H and O–H groups in total. The van der Waals surface area contributed by atoms with Crippen LogP contribution in [0, 0.1) is 12.7 Å². The summed E-state index contributed by atoms with van der Waals surface area (Å²) in [7, 11) is 0. The van der Waals surface area contributed by atoms with Crippen molar-refractivity contribution < 1.29 is 41.3 Å². The van der Waals surface area contributed by atoms with Gasteiger partial charge in [0.15, 0.2) is 5.82 Å². The van der Waals surface area contributed by atoms with Crippen molar-refractivity contribution >= 4 is 46.0 Å². The van der Waals surface area contributed by atoms with Crippen molar-refractivity contribution in [1.82, 2.24) is 35.0 Å². The maximum atomic E-state index is 17.3. The first-order chi connectivity index (χ1) is 26.7. The van der Waals surface area contributed by atoms with Crippen LogP contribution >= 0.6 is 0 Å². The molecule has 3 aliphatic heterocycles. The summed E-state index contributed by atoms with van der Waals surface area (Å²) in [6.07, 6.45) is 2.59. The molecule has 0 aliphatic carbocycles. The Kier molecular flexibility index (Phi) is 10.2. The lowest BCUT2D eigenvalue weighted by molar-refractivity contribution is -0.137. The number of alkyl halides is 4. The maximum absolute atomic E-state index is 17.3. The molecule has 7 heterocycles. The van der Waals surface area contributed by atoms with Crippen LogP contribution in [-0.4, -0.2) is 90.7 Å². The van der Waals surface area contributed by atoms with Gasteiger partial charge < -0.3 is 25.2 Å². The highest BCUT2D eigenvalue weighted by Gasteiger charge is 2.49. The molecule has 2 fully saturated rings. The number of pyridine rings is 2. The summed E-state index contributed by atoms with van der Waals surface area (Å²) in [6, 6.07) is 2.04. The number of aromatic nitrogens is 6. The molecule has 0 unspecified atom stereocenters. The number of allylic oxidation sites excluding steroid dienone is 1. The molecule has 296 valence electrons. The van der Waals surface area contributed by atoms with E-state index in [9.17, 15) is 17.6 Å². The van der Waals surface area contributed by atoms with Crippen LogP contribution < -0.4 is 20.1 Å². The quantitative estimate of drug-likeness (QED) is 0.114. The van der Waals surface area contributed by atoms with E-state index in [2.05, 4.69) is 30.0 Å². The summed E-state index contributed by atoms with van der Waals surface area (Å²) < 4.78 is 88.8. The number of nitrogens with zero attached hydrogens (tertiary/aromatic N) is 7. The molecule has 0 bridgehead atoms. The first-order valence-electron chi connectivity index (χ1n) is 18.1. The van der Waals surface area contributed by atoms with Crippen LogP contribution in [0.15, 0.2) is 30.6 Å². The molecular formula is C38H40F5N9O4. The van der Waals surface area contributed by atoms with E-state index in [1.165, 1.54) is 19.2 Å². The van der Waals surface area contributed by atoms with Gasteiger partial charge in [0.05, 0.1) is 34.9 Å². The van der Waals surface area contributed by atoms with E-state index in [1.807, 2.05) is 43.9 Å². The van der Waals surface area contributed by atoms with Crippen molar-refractivity contribution in [2.75, 3.05) is 36.9 Å². The number of carbonyl (C=O) groups is 1. The van der Waals surface area contributed by atoms with E-state index in [0.29, 0.717) is 18.5 Å². The number of nitrogens with one attached hydrogen (secondary N) is 1. The van der Waals surface area contributed by atoms with Gasteiger partial charge in [-0.05, 0) is 70.3 Å². The molecular weight excluding hydrogens is 741 g/mol. The van der Waals surface area contributed by atoms with Crippen LogP contribution in [0.5, 0.6) is 11.9 Å². The Labute approximate surface area is 317 Å². The Morgan fingerprint density at radius 2 is 2.00 bits per heavy atom. The Bertz CT molecular complexity index is 2340. The number of aryl methyl sites for hydroxylation is 1. The number of rotatable bonds is 7. The third kappa shape index (κ3) is 6.68. The minimum atomic E-state index is -4.87. The number of fused-ring (bicyclic) bond motifs is 2. The SMILES string of the molecule is CC=Cc1cnc(N)c([C@@H](C)N2c3nc(OC[C@@]45CCCN4C[C@H](F)C5)nc4c(F)c(-c5c(C(F)(F)F)c(C)cc6[nH]ncc56)nc(c34)OC[C@@H]2C)c1.O=CO. The number of nitrogen functional groups attached to an aromatic ring is 1. The second kappa shape index (κ2) is 14.8. The van der Waals surface area contributed by atoms with E-state index in [4.69, 9.17) is 30.1 Å². The van der Waals surface area contributed by atoms with Gasteiger partial charge in [-0.2, -0.15) is 28.2 Å². The highest BCUT2D eigenvalue weighted by molar-refractivity contribution is 6.02. The van der Waals surface area contributed by atoms with E-state index < -0.39 is 52.6 Å². The van der Waals surface area contributed by atoms with Gasteiger partial charge in [0.1, 0.15) is 47.6 Å². The Morgan fingerprint density at radius 3 is 2.73 bits per heavy atom. The topological polar surface area (TPSA) is 168 Å². The standard InChI is InChI=1S/C37H38F5N9O2.CH2O2/c1-5-7-21-11-23(32(43)44-13-21)20(4)51-19(3)16-52-34-27-31(47-35(48-33(27)51)53-17-36-8-6-9-50(36)15-22(38)12-36)29(39)30(46-34)26-24-14-45-49-25(24)10-18(2)28(26)37(40,41)42;2-1-3/h5,7,10-11,13-14,19-20,22H,6,8-9,12,15-17H2,1-4H3,(H2,43,44)(H,45,49);1H,(H,2,3)/t19-,20+,22+,36-;/m0./s1. The fraction of sp³-hybridized carbons (Fsp3) is 0.421. The molecule has 13 nitrogen and oxygen atoms in total. The zero-order chi connectivity index (χ0) is 40.1. The van der Waals surface area contributed by atoms with Gasteiger partial charge in [-0.15, -0.1) is 0 Å². The van der Waals surface area contributed by atoms with Crippen molar-refractivity contribution in [2.24, 2.45) is 0 Å². The number of H-pyrrole nitrogens is 1. The Hall–Kier alpha value is -5.65. The Morgan fingerprint density at radius 1 is 1.23 bits per heavy atom. The molecule has 2 saturated heterocycles. The second-order valence-electron chi connectivity index (χ2n) is 14.4. The van der Waals surface area contributed by atoms with Crippen molar-refractivity contribution in [3.8, 4) is 23.1 Å². The van der Waals surface area contributed by atoms with Gasteiger partial charge in [0.2, 0.25) is 5.88 Å². The van der Waals surface area contributed by atoms with Gasteiger partial charge in [-0.1, -0.05) is 12.2 Å². The molecule has 0 radical (unpaired) electrons. The van der Waals surface area contributed by atoms with Crippen LogP contribution in [0.4, 0.5) is 33.6 Å². The molecule has 0 amide bonds. The van der Waals surface area contributed by atoms with Crippen molar-refractivity contribution in [3.05, 3.63) is 58.7 Å². The normalized spacial score (nSPS) is 21.5. The third-order valence-corrected chi connectivity index (χ3v) is 10.8. The molecule has 18 heteroatoms. The van der Waals surface area contributed by atoms with E-state index >= 15 is 4.39 Å². The summed E-state index contributed by atoms with van der Waals surface area (Å²) in [5, 5.41) is 13.6. The number of hydrogen-bond donors (Lipinski definition) is 3. The molecule has 1 aromatic carbocycles. The largest absolute Gasteiger partial charge is 0.483 e. The average molecular weight is 782 g/mol. The number of aromatic amines is 1. The number of hydrogen-bond acceptors (Lipinski definition) is 11. The summed E-state index contributed by atoms with van der Waals surface area (Å²) in [5.74, 6) is -0.801. The van der Waals surface area contributed by atoms with Gasteiger partial charge in [0.25, 0.3) is 6.47 Å². The molecule has 4 aromatic heterocycles. The van der Waals surface area contributed by atoms with Gasteiger partial charge >= 0.3 is 12.2 Å². The fourth-order valence-corrected chi connectivity index (χ4v) is 8.44. The van der Waals surface area contributed by atoms with Crippen LogP contribution in [0.2, 0.25) is 0 Å². The Balaban J connectivity index is 0.00000155. The molecule has 0 spiro atoms. The third-order valence-electron chi connectivity index (χ3n) is 10.8. The number of benzene rings is 1. The molecule has 5 aromatic rings. The first kappa shape index (κ1) is 38.6.